The van der Waals surface area contributed by atoms with E-state index in [0.29, 0.717) is 13.1 Å². The maximum atomic E-state index is 5.38. The van der Waals surface area contributed by atoms with E-state index >= 15 is 0 Å². The number of nitrogens with zero attached hydrogens (tertiary/aromatic N) is 4. The number of hydrogen-bond acceptors (Lipinski definition) is 5. The molecule has 0 saturated carbocycles. The van der Waals surface area contributed by atoms with Crippen molar-refractivity contribution in [2.24, 2.45) is 12.0 Å². The van der Waals surface area contributed by atoms with Crippen molar-refractivity contribution in [2.45, 2.75) is 20.0 Å². The highest BCUT2D eigenvalue weighted by Gasteiger charge is 2.13. The molecule has 8 nitrogen and oxygen atoms in total. The second-order valence-corrected chi connectivity index (χ2v) is 5.09. The van der Waals surface area contributed by atoms with Crippen LogP contribution in [0.3, 0.4) is 0 Å². The van der Waals surface area contributed by atoms with E-state index in [-0.39, 0.29) is 6.79 Å². The first-order chi connectivity index (χ1) is 11.3. The zero-order valence-corrected chi connectivity index (χ0v) is 13.2. The van der Waals surface area contributed by atoms with E-state index in [4.69, 9.17) is 9.47 Å². The summed E-state index contributed by atoms with van der Waals surface area (Å²) in [6.45, 7) is 4.20. The van der Waals surface area contributed by atoms with Crippen LogP contribution in [-0.4, -0.2) is 34.1 Å². The molecule has 0 bridgehead atoms. The summed E-state index contributed by atoms with van der Waals surface area (Å²) in [4.78, 5) is 4.58. The van der Waals surface area contributed by atoms with Crippen LogP contribution in [0.4, 0.5) is 0 Å². The summed E-state index contributed by atoms with van der Waals surface area (Å²) in [6, 6.07) is 5.86. The van der Waals surface area contributed by atoms with E-state index in [1.807, 2.05) is 36.7 Å². The number of guanidine groups is 1. The second-order valence-electron chi connectivity index (χ2n) is 5.09. The van der Waals surface area contributed by atoms with Crippen LogP contribution in [0.2, 0.25) is 0 Å². The van der Waals surface area contributed by atoms with Crippen LogP contribution in [0.15, 0.2) is 29.5 Å². The number of fused-ring (bicyclic) bond motifs is 1. The van der Waals surface area contributed by atoms with Gasteiger partial charge in [0.25, 0.3) is 0 Å². The Hall–Kier alpha value is -2.77. The predicted octanol–water partition coefficient (Wildman–Crippen LogP) is 0.799. The third kappa shape index (κ3) is 3.71. The van der Waals surface area contributed by atoms with Crippen molar-refractivity contribution >= 4 is 5.96 Å². The SMILES string of the molecule is CCNC(=NCc1ccc2c(c1)OCO2)NCc1nncn1C. The lowest BCUT2D eigenvalue weighted by Crippen LogP contribution is -2.37. The van der Waals surface area contributed by atoms with E-state index in [2.05, 4.69) is 25.8 Å². The van der Waals surface area contributed by atoms with Crippen molar-refractivity contribution in [1.29, 1.82) is 0 Å². The van der Waals surface area contributed by atoms with Crippen molar-refractivity contribution in [2.75, 3.05) is 13.3 Å². The molecule has 0 saturated heterocycles. The summed E-state index contributed by atoms with van der Waals surface area (Å²) >= 11 is 0. The predicted molar refractivity (Wildman–Crippen MR) is 85.2 cm³/mol. The largest absolute Gasteiger partial charge is 0.454 e. The van der Waals surface area contributed by atoms with Crippen molar-refractivity contribution < 1.29 is 9.47 Å². The fraction of sp³-hybridized carbons (Fsp3) is 0.400. The summed E-state index contributed by atoms with van der Waals surface area (Å²) < 4.78 is 12.6. The molecule has 1 aliphatic heterocycles. The van der Waals surface area contributed by atoms with Crippen molar-refractivity contribution in [3.63, 3.8) is 0 Å². The second kappa shape index (κ2) is 6.99. The van der Waals surface area contributed by atoms with Gasteiger partial charge < -0.3 is 24.7 Å². The Balaban J connectivity index is 1.63. The number of ether oxygens (including phenoxy) is 2. The van der Waals surface area contributed by atoms with Gasteiger partial charge in [-0.3, -0.25) is 0 Å². The molecule has 0 spiro atoms. The molecule has 0 fully saturated rings. The van der Waals surface area contributed by atoms with Gasteiger partial charge in [0.15, 0.2) is 23.3 Å². The first kappa shape index (κ1) is 15.1. The van der Waals surface area contributed by atoms with Gasteiger partial charge in [-0.05, 0) is 24.6 Å². The molecule has 1 aromatic heterocycles. The number of benzene rings is 1. The Morgan fingerprint density at radius 1 is 1.30 bits per heavy atom. The molecule has 0 atom stereocenters. The smallest absolute Gasteiger partial charge is 0.231 e. The Morgan fingerprint density at radius 2 is 2.17 bits per heavy atom. The summed E-state index contributed by atoms with van der Waals surface area (Å²) in [7, 11) is 1.91. The van der Waals surface area contributed by atoms with E-state index in [1.165, 1.54) is 0 Å². The lowest BCUT2D eigenvalue weighted by atomic mass is 10.2. The average molecular weight is 316 g/mol. The van der Waals surface area contributed by atoms with E-state index in [1.54, 1.807) is 6.33 Å². The van der Waals surface area contributed by atoms with Gasteiger partial charge in [0.2, 0.25) is 6.79 Å². The molecule has 122 valence electrons. The number of hydrogen-bond donors (Lipinski definition) is 2. The Labute approximate surface area is 134 Å². The molecular formula is C15H20N6O2. The minimum atomic E-state index is 0.282. The first-order valence-corrected chi connectivity index (χ1v) is 7.50. The standard InChI is InChI=1S/C15H20N6O2/c1-3-16-15(18-8-14-20-19-9-21(14)2)17-7-11-4-5-12-13(6-11)23-10-22-12/h4-6,9H,3,7-8,10H2,1-2H3,(H2,16,17,18). The molecule has 0 aliphatic carbocycles. The molecule has 0 unspecified atom stereocenters. The van der Waals surface area contributed by atoms with Crippen LogP contribution in [0.1, 0.15) is 18.3 Å². The summed E-state index contributed by atoms with van der Waals surface area (Å²) in [5, 5.41) is 14.4. The van der Waals surface area contributed by atoms with Crippen LogP contribution < -0.4 is 20.1 Å². The fourth-order valence-corrected chi connectivity index (χ4v) is 2.18. The number of aryl methyl sites for hydroxylation is 1. The van der Waals surface area contributed by atoms with Gasteiger partial charge >= 0.3 is 0 Å². The number of aliphatic imine (C=N–C) groups is 1. The molecule has 1 aliphatic rings. The average Bonchev–Trinajstić information content (AvgIpc) is 3.18. The van der Waals surface area contributed by atoms with Gasteiger partial charge in [0, 0.05) is 13.6 Å². The van der Waals surface area contributed by atoms with Crippen molar-refractivity contribution in [3.8, 4) is 11.5 Å². The molecule has 2 heterocycles. The molecule has 1 aromatic carbocycles. The van der Waals surface area contributed by atoms with Gasteiger partial charge in [0.1, 0.15) is 6.33 Å². The fourth-order valence-electron chi connectivity index (χ4n) is 2.18. The zero-order chi connectivity index (χ0) is 16.1. The molecule has 2 N–H and O–H groups in total. The van der Waals surface area contributed by atoms with Crippen LogP contribution >= 0.6 is 0 Å². The molecule has 3 rings (SSSR count). The lowest BCUT2D eigenvalue weighted by Gasteiger charge is -2.11. The normalized spacial score (nSPS) is 13.2. The van der Waals surface area contributed by atoms with Gasteiger partial charge in [-0.15, -0.1) is 10.2 Å². The van der Waals surface area contributed by atoms with Crippen molar-refractivity contribution in [3.05, 3.63) is 35.9 Å². The molecule has 23 heavy (non-hydrogen) atoms. The topological polar surface area (TPSA) is 85.6 Å². The van der Waals surface area contributed by atoms with Crippen LogP contribution in [0, 0.1) is 0 Å². The number of rotatable bonds is 5. The monoisotopic (exact) mass is 316 g/mol. The third-order valence-corrected chi connectivity index (χ3v) is 3.42. The minimum absolute atomic E-state index is 0.282. The number of nitrogens with one attached hydrogen (secondary N) is 2. The van der Waals surface area contributed by atoms with Crippen LogP contribution in [0.5, 0.6) is 11.5 Å². The first-order valence-electron chi connectivity index (χ1n) is 7.50. The molecular weight excluding hydrogens is 296 g/mol. The van der Waals surface area contributed by atoms with E-state index in [9.17, 15) is 0 Å². The summed E-state index contributed by atoms with van der Waals surface area (Å²) in [6.07, 6.45) is 1.67. The highest BCUT2D eigenvalue weighted by molar-refractivity contribution is 5.79. The highest BCUT2D eigenvalue weighted by atomic mass is 16.7. The Morgan fingerprint density at radius 3 is 2.96 bits per heavy atom. The van der Waals surface area contributed by atoms with Gasteiger partial charge in [-0.1, -0.05) is 6.07 Å². The van der Waals surface area contributed by atoms with Gasteiger partial charge in [-0.2, -0.15) is 0 Å². The number of aromatic nitrogens is 3. The summed E-state index contributed by atoms with van der Waals surface area (Å²) in [5.74, 6) is 3.13. The Bertz CT molecular complexity index is 697. The highest BCUT2D eigenvalue weighted by Crippen LogP contribution is 2.32. The summed E-state index contributed by atoms with van der Waals surface area (Å²) in [5.41, 5.74) is 1.06. The molecule has 8 heteroatoms. The van der Waals surface area contributed by atoms with Crippen molar-refractivity contribution in [1.82, 2.24) is 25.4 Å². The Kier molecular flexibility index (Phi) is 4.60. The maximum Gasteiger partial charge on any atom is 0.231 e. The quantitative estimate of drug-likeness (QED) is 0.627. The zero-order valence-electron chi connectivity index (χ0n) is 13.2. The van der Waals surface area contributed by atoms with Crippen LogP contribution in [0.25, 0.3) is 0 Å². The van der Waals surface area contributed by atoms with Gasteiger partial charge in [-0.25, -0.2) is 4.99 Å². The van der Waals surface area contributed by atoms with Crippen LogP contribution in [-0.2, 0) is 20.1 Å². The lowest BCUT2D eigenvalue weighted by molar-refractivity contribution is 0.174. The van der Waals surface area contributed by atoms with E-state index < -0.39 is 0 Å². The molecule has 0 radical (unpaired) electrons. The van der Waals surface area contributed by atoms with E-state index in [0.717, 1.165) is 35.4 Å². The maximum absolute atomic E-state index is 5.38. The molecule has 0 amide bonds. The molecule has 2 aromatic rings. The van der Waals surface area contributed by atoms with Gasteiger partial charge in [0.05, 0.1) is 13.1 Å². The minimum Gasteiger partial charge on any atom is -0.454 e. The third-order valence-electron chi connectivity index (χ3n) is 3.42.